The number of aromatic nitrogens is 1. The first-order chi connectivity index (χ1) is 7.16. The van der Waals surface area contributed by atoms with E-state index >= 15 is 0 Å². The zero-order valence-corrected chi connectivity index (χ0v) is 10.4. The molecule has 1 aromatic rings. The van der Waals surface area contributed by atoms with E-state index in [1.807, 2.05) is 0 Å². The highest BCUT2D eigenvalue weighted by Crippen LogP contribution is 2.26. The molecule has 1 aromatic heterocycles. The minimum absolute atomic E-state index is 0.448. The third kappa shape index (κ3) is 2.46. The van der Waals surface area contributed by atoms with Crippen LogP contribution < -0.4 is 10.6 Å². The molecule has 15 heavy (non-hydrogen) atoms. The van der Waals surface area contributed by atoms with E-state index in [9.17, 15) is 0 Å². The Morgan fingerprint density at radius 2 is 2.27 bits per heavy atom. The smallest absolute Gasteiger partial charge is 0.185 e. The quantitative estimate of drug-likeness (QED) is 0.804. The number of nitrogens with two attached hydrogens (primary N) is 1. The minimum atomic E-state index is 0.448. The summed E-state index contributed by atoms with van der Waals surface area (Å²) in [4.78, 5) is 8.05. The number of anilines is 1. The van der Waals surface area contributed by atoms with E-state index < -0.39 is 0 Å². The first kappa shape index (κ1) is 10.8. The minimum Gasteiger partial charge on any atom is -0.389 e. The Hall–Kier alpha value is -0.680. The van der Waals surface area contributed by atoms with Crippen molar-refractivity contribution in [3.63, 3.8) is 0 Å². The maximum absolute atomic E-state index is 5.56. The monoisotopic (exact) mass is 241 g/mol. The second kappa shape index (κ2) is 4.45. The molecule has 0 bridgehead atoms. The van der Waals surface area contributed by atoms with Crippen molar-refractivity contribution < 1.29 is 0 Å². The summed E-state index contributed by atoms with van der Waals surface area (Å²) in [5, 5.41) is 1.06. The third-order valence-corrected chi connectivity index (χ3v) is 4.23. The van der Waals surface area contributed by atoms with E-state index in [1.54, 1.807) is 17.5 Å². The molecule has 2 N–H and O–H groups in total. The molecule has 0 atom stereocenters. The van der Waals surface area contributed by atoms with E-state index in [2.05, 4.69) is 16.8 Å². The van der Waals surface area contributed by atoms with Gasteiger partial charge in [0.05, 0.1) is 11.1 Å². The number of hydrogen-bond acceptors (Lipinski definition) is 4. The highest BCUT2D eigenvalue weighted by atomic mass is 32.1. The molecular weight excluding hydrogens is 226 g/mol. The second-order valence-corrected chi connectivity index (χ2v) is 5.49. The van der Waals surface area contributed by atoms with Crippen molar-refractivity contribution in [1.82, 2.24) is 4.98 Å². The molecule has 0 aromatic carbocycles. The Morgan fingerprint density at radius 3 is 2.80 bits per heavy atom. The van der Waals surface area contributed by atoms with E-state index in [0.29, 0.717) is 4.99 Å². The van der Waals surface area contributed by atoms with Crippen molar-refractivity contribution in [1.29, 1.82) is 0 Å². The van der Waals surface area contributed by atoms with E-state index in [4.69, 9.17) is 18.0 Å². The molecule has 82 valence electrons. The van der Waals surface area contributed by atoms with Crippen molar-refractivity contribution >= 4 is 33.7 Å². The average Bonchev–Trinajstić information content (AvgIpc) is 2.68. The molecule has 1 saturated heterocycles. The summed E-state index contributed by atoms with van der Waals surface area (Å²) in [6.45, 7) is 4.51. The predicted molar refractivity (Wildman–Crippen MR) is 68.6 cm³/mol. The van der Waals surface area contributed by atoms with E-state index in [1.165, 1.54) is 12.8 Å². The zero-order chi connectivity index (χ0) is 10.8. The Morgan fingerprint density at radius 1 is 1.60 bits per heavy atom. The molecule has 1 aliphatic rings. The van der Waals surface area contributed by atoms with Gasteiger partial charge < -0.3 is 10.6 Å². The van der Waals surface area contributed by atoms with Gasteiger partial charge in [0, 0.05) is 13.1 Å². The SMILES string of the molecule is CC1CCN(c2ncc(C(N)=S)s2)CC1. The average molecular weight is 241 g/mol. The lowest BCUT2D eigenvalue weighted by Crippen LogP contribution is -2.32. The van der Waals surface area contributed by atoms with Gasteiger partial charge in [-0.1, -0.05) is 30.5 Å². The number of piperidine rings is 1. The van der Waals surface area contributed by atoms with Gasteiger partial charge in [-0.15, -0.1) is 0 Å². The van der Waals surface area contributed by atoms with Gasteiger partial charge in [0.15, 0.2) is 5.13 Å². The van der Waals surface area contributed by atoms with Crippen molar-refractivity contribution in [2.75, 3.05) is 18.0 Å². The molecule has 0 amide bonds. The van der Waals surface area contributed by atoms with Crippen molar-refractivity contribution in [3.05, 3.63) is 11.1 Å². The van der Waals surface area contributed by atoms with Crippen LogP contribution in [0, 0.1) is 5.92 Å². The van der Waals surface area contributed by atoms with Gasteiger partial charge in [0.2, 0.25) is 0 Å². The summed E-state index contributed by atoms with van der Waals surface area (Å²) >= 11 is 6.52. The molecule has 0 radical (unpaired) electrons. The fourth-order valence-corrected chi connectivity index (χ4v) is 2.72. The molecule has 5 heteroatoms. The number of thiocarbonyl (C=S) groups is 1. The highest BCUT2D eigenvalue weighted by molar-refractivity contribution is 7.81. The lowest BCUT2D eigenvalue weighted by molar-refractivity contribution is 0.438. The lowest BCUT2D eigenvalue weighted by atomic mass is 10.00. The first-order valence-electron chi connectivity index (χ1n) is 5.17. The molecule has 1 fully saturated rings. The van der Waals surface area contributed by atoms with Crippen LogP contribution in [0.2, 0.25) is 0 Å². The third-order valence-electron chi connectivity index (χ3n) is 2.79. The van der Waals surface area contributed by atoms with Crippen molar-refractivity contribution in [2.24, 2.45) is 11.7 Å². The number of rotatable bonds is 2. The summed E-state index contributed by atoms with van der Waals surface area (Å²) in [6.07, 6.45) is 4.28. The van der Waals surface area contributed by atoms with Gasteiger partial charge in [0.1, 0.15) is 4.99 Å². The predicted octanol–water partition coefficient (Wildman–Crippen LogP) is 2.01. The summed E-state index contributed by atoms with van der Waals surface area (Å²) in [5.74, 6) is 0.844. The normalized spacial score (nSPS) is 18.1. The van der Waals surface area contributed by atoms with Crippen LogP contribution in [0.25, 0.3) is 0 Å². The summed E-state index contributed by atoms with van der Waals surface area (Å²) in [6, 6.07) is 0. The van der Waals surface area contributed by atoms with Crippen LogP contribution in [0.15, 0.2) is 6.20 Å². The Kier molecular flexibility index (Phi) is 3.21. The van der Waals surface area contributed by atoms with Crippen LogP contribution in [-0.2, 0) is 0 Å². The summed E-state index contributed by atoms with van der Waals surface area (Å²) in [5.41, 5.74) is 5.56. The van der Waals surface area contributed by atoms with Crippen LogP contribution in [0.4, 0.5) is 5.13 Å². The van der Waals surface area contributed by atoms with Crippen molar-refractivity contribution in [3.8, 4) is 0 Å². The molecule has 0 saturated carbocycles. The Bertz CT molecular complexity index is 353. The van der Waals surface area contributed by atoms with E-state index in [0.717, 1.165) is 29.0 Å². The van der Waals surface area contributed by atoms with Gasteiger partial charge in [-0.2, -0.15) is 0 Å². The fourth-order valence-electron chi connectivity index (χ4n) is 1.72. The van der Waals surface area contributed by atoms with Gasteiger partial charge in [-0.05, 0) is 18.8 Å². The first-order valence-corrected chi connectivity index (χ1v) is 6.40. The van der Waals surface area contributed by atoms with Crippen LogP contribution in [0.3, 0.4) is 0 Å². The van der Waals surface area contributed by atoms with Crippen LogP contribution in [0.5, 0.6) is 0 Å². The molecule has 0 spiro atoms. The zero-order valence-electron chi connectivity index (χ0n) is 8.77. The Labute approximate surface area is 99.3 Å². The van der Waals surface area contributed by atoms with Gasteiger partial charge in [-0.3, -0.25) is 0 Å². The summed E-state index contributed by atoms with van der Waals surface area (Å²) < 4.78 is 0. The van der Waals surface area contributed by atoms with Crippen molar-refractivity contribution in [2.45, 2.75) is 19.8 Å². The van der Waals surface area contributed by atoms with Gasteiger partial charge in [0.25, 0.3) is 0 Å². The van der Waals surface area contributed by atoms with Crippen LogP contribution in [-0.4, -0.2) is 23.1 Å². The molecule has 2 rings (SSSR count). The van der Waals surface area contributed by atoms with Crippen LogP contribution >= 0.6 is 23.6 Å². The van der Waals surface area contributed by atoms with Crippen LogP contribution in [0.1, 0.15) is 24.6 Å². The van der Waals surface area contributed by atoms with E-state index in [-0.39, 0.29) is 0 Å². The molecule has 1 aliphatic heterocycles. The maximum Gasteiger partial charge on any atom is 0.185 e. The Balaban J connectivity index is 2.06. The number of hydrogen-bond donors (Lipinski definition) is 1. The topological polar surface area (TPSA) is 42.2 Å². The summed E-state index contributed by atoms with van der Waals surface area (Å²) in [7, 11) is 0. The highest BCUT2D eigenvalue weighted by Gasteiger charge is 2.18. The maximum atomic E-state index is 5.56. The second-order valence-electron chi connectivity index (χ2n) is 4.04. The molecular formula is C10H15N3S2. The lowest BCUT2D eigenvalue weighted by Gasteiger charge is -2.29. The number of thiazole rings is 1. The van der Waals surface area contributed by atoms with Gasteiger partial charge in [-0.25, -0.2) is 4.98 Å². The fraction of sp³-hybridized carbons (Fsp3) is 0.600. The molecule has 0 unspecified atom stereocenters. The molecule has 0 aliphatic carbocycles. The van der Waals surface area contributed by atoms with Gasteiger partial charge >= 0.3 is 0 Å². The largest absolute Gasteiger partial charge is 0.389 e. The molecule has 3 nitrogen and oxygen atoms in total. The molecule has 2 heterocycles. The standard InChI is InChI=1S/C10H15N3S2/c1-7-2-4-13(5-3-7)10-12-6-8(15-10)9(11)14/h6-7H,2-5H2,1H3,(H2,11,14). The number of nitrogens with zero attached hydrogens (tertiary/aromatic N) is 2.